The van der Waals surface area contributed by atoms with Crippen molar-refractivity contribution in [2.75, 3.05) is 44.4 Å². The molecule has 0 radical (unpaired) electrons. The van der Waals surface area contributed by atoms with Crippen LogP contribution in [0.5, 0.6) is 0 Å². The van der Waals surface area contributed by atoms with Gasteiger partial charge in [0.05, 0.1) is 5.75 Å². The fourth-order valence-electron chi connectivity index (χ4n) is 2.56. The number of piperidine rings is 1. The molecular weight excluding hydrogens is 302 g/mol. The maximum atomic E-state index is 11.7. The Labute approximate surface area is 132 Å². The highest BCUT2D eigenvalue weighted by atomic mass is 32.2. The summed E-state index contributed by atoms with van der Waals surface area (Å²) in [4.78, 5) is 2.23. The number of aromatic nitrogens is 2. The van der Waals surface area contributed by atoms with Crippen molar-refractivity contribution in [3.63, 3.8) is 0 Å². The van der Waals surface area contributed by atoms with Crippen LogP contribution in [0.25, 0.3) is 0 Å². The monoisotopic (exact) mass is 327 g/mol. The molecule has 1 N–H and O–H groups in total. The lowest BCUT2D eigenvalue weighted by Gasteiger charge is -2.33. The van der Waals surface area contributed by atoms with E-state index in [0.29, 0.717) is 19.0 Å². The fourth-order valence-corrected chi connectivity index (χ4v) is 3.43. The summed E-state index contributed by atoms with van der Waals surface area (Å²) < 4.78 is 24.7. The van der Waals surface area contributed by atoms with Crippen molar-refractivity contribution < 1.29 is 8.42 Å². The Balaban J connectivity index is 1.75. The average molecular weight is 327 g/mol. The largest absolute Gasteiger partial charge is 0.354 e. The van der Waals surface area contributed by atoms with Crippen LogP contribution in [0.15, 0.2) is 18.3 Å². The van der Waals surface area contributed by atoms with Gasteiger partial charge in [-0.05, 0) is 37.9 Å². The van der Waals surface area contributed by atoms with Crippen LogP contribution >= 0.6 is 0 Å². The van der Waals surface area contributed by atoms with Crippen LogP contribution in [0, 0.1) is 0 Å². The second kappa shape index (κ2) is 7.85. The van der Waals surface area contributed by atoms with Gasteiger partial charge in [-0.3, -0.25) is 0 Å². The Kier molecular flexibility index (Phi) is 6.10. The van der Waals surface area contributed by atoms with Gasteiger partial charge in [0.1, 0.15) is 0 Å². The van der Waals surface area contributed by atoms with E-state index in [1.807, 2.05) is 12.1 Å². The molecule has 0 bridgehead atoms. The first-order valence-corrected chi connectivity index (χ1v) is 9.26. The lowest BCUT2D eigenvalue weighted by molar-refractivity contribution is 0.420. The Morgan fingerprint density at radius 1 is 1.45 bits per heavy atom. The molecule has 2 rings (SSSR count). The molecule has 2 heterocycles. The Morgan fingerprint density at radius 3 is 2.95 bits per heavy atom. The number of nitrogens with zero attached hydrogens (tertiary/aromatic N) is 4. The van der Waals surface area contributed by atoms with E-state index in [4.69, 9.17) is 0 Å². The molecule has 1 fully saturated rings. The lowest BCUT2D eigenvalue weighted by Crippen LogP contribution is -2.46. The molecule has 1 aliphatic heterocycles. The SMILES string of the molecule is CN(C)S(=O)(=O)CCCN[C@H]1CCCN(c2cccnn2)C1. The third-order valence-corrected chi connectivity index (χ3v) is 5.79. The molecule has 0 aromatic carbocycles. The van der Waals surface area contributed by atoms with Gasteiger partial charge in [0, 0.05) is 39.4 Å². The van der Waals surface area contributed by atoms with Gasteiger partial charge in [-0.15, -0.1) is 5.10 Å². The van der Waals surface area contributed by atoms with Gasteiger partial charge < -0.3 is 10.2 Å². The number of rotatable bonds is 7. The molecular formula is C14H25N5O2S. The maximum Gasteiger partial charge on any atom is 0.213 e. The summed E-state index contributed by atoms with van der Waals surface area (Å²) in [6.45, 7) is 2.59. The first-order chi connectivity index (χ1) is 10.5. The molecule has 1 aliphatic rings. The van der Waals surface area contributed by atoms with Crippen LogP contribution in [-0.4, -0.2) is 68.4 Å². The van der Waals surface area contributed by atoms with E-state index in [9.17, 15) is 8.42 Å². The fraction of sp³-hybridized carbons (Fsp3) is 0.714. The average Bonchev–Trinajstić information content (AvgIpc) is 2.53. The zero-order valence-electron chi connectivity index (χ0n) is 13.3. The molecule has 8 heteroatoms. The van der Waals surface area contributed by atoms with E-state index in [-0.39, 0.29) is 5.75 Å². The lowest BCUT2D eigenvalue weighted by atomic mass is 10.1. The minimum atomic E-state index is -3.09. The highest BCUT2D eigenvalue weighted by molar-refractivity contribution is 7.89. The normalized spacial score (nSPS) is 19.6. The third kappa shape index (κ3) is 4.89. The van der Waals surface area contributed by atoms with Gasteiger partial charge in [-0.1, -0.05) is 0 Å². The molecule has 7 nitrogen and oxygen atoms in total. The van der Waals surface area contributed by atoms with Crippen molar-refractivity contribution in [2.45, 2.75) is 25.3 Å². The predicted molar refractivity (Wildman–Crippen MR) is 87.4 cm³/mol. The molecule has 1 aromatic heterocycles. The Morgan fingerprint density at radius 2 is 2.27 bits per heavy atom. The predicted octanol–water partition coefficient (Wildman–Crippen LogP) is 0.317. The van der Waals surface area contributed by atoms with Crippen LogP contribution in [0.1, 0.15) is 19.3 Å². The van der Waals surface area contributed by atoms with Crippen molar-refractivity contribution in [2.24, 2.45) is 0 Å². The van der Waals surface area contributed by atoms with Crippen LogP contribution in [-0.2, 0) is 10.0 Å². The summed E-state index contributed by atoms with van der Waals surface area (Å²) in [7, 11) is 0.0539. The number of hydrogen-bond acceptors (Lipinski definition) is 6. The van der Waals surface area contributed by atoms with E-state index < -0.39 is 10.0 Å². The van der Waals surface area contributed by atoms with Crippen molar-refractivity contribution in [3.05, 3.63) is 18.3 Å². The van der Waals surface area contributed by atoms with E-state index in [1.54, 1.807) is 20.3 Å². The molecule has 1 saturated heterocycles. The van der Waals surface area contributed by atoms with Gasteiger partial charge >= 0.3 is 0 Å². The first kappa shape index (κ1) is 17.1. The van der Waals surface area contributed by atoms with E-state index in [2.05, 4.69) is 20.4 Å². The molecule has 0 amide bonds. The molecule has 1 atom stereocenters. The smallest absolute Gasteiger partial charge is 0.213 e. The van der Waals surface area contributed by atoms with Crippen LogP contribution in [0.4, 0.5) is 5.82 Å². The molecule has 0 unspecified atom stereocenters. The number of sulfonamides is 1. The number of hydrogen-bond donors (Lipinski definition) is 1. The van der Waals surface area contributed by atoms with Gasteiger partial charge in [0.2, 0.25) is 10.0 Å². The van der Waals surface area contributed by atoms with Gasteiger partial charge in [0.15, 0.2) is 5.82 Å². The second-order valence-electron chi connectivity index (χ2n) is 5.77. The summed E-state index contributed by atoms with van der Waals surface area (Å²) in [6.07, 6.45) is 4.51. The number of anilines is 1. The third-order valence-electron chi connectivity index (χ3n) is 3.87. The maximum absolute atomic E-state index is 11.7. The summed E-state index contributed by atoms with van der Waals surface area (Å²) in [6, 6.07) is 4.24. The van der Waals surface area contributed by atoms with Crippen LogP contribution in [0.3, 0.4) is 0 Å². The molecule has 22 heavy (non-hydrogen) atoms. The van der Waals surface area contributed by atoms with Crippen molar-refractivity contribution in [3.8, 4) is 0 Å². The molecule has 0 aliphatic carbocycles. The minimum absolute atomic E-state index is 0.188. The molecule has 1 aromatic rings. The minimum Gasteiger partial charge on any atom is -0.354 e. The van der Waals surface area contributed by atoms with Gasteiger partial charge in [0.25, 0.3) is 0 Å². The van der Waals surface area contributed by atoms with Crippen LogP contribution < -0.4 is 10.2 Å². The quantitative estimate of drug-likeness (QED) is 0.727. The number of nitrogens with one attached hydrogen (secondary N) is 1. The van der Waals surface area contributed by atoms with E-state index >= 15 is 0 Å². The zero-order chi connectivity index (χ0) is 16.0. The van der Waals surface area contributed by atoms with Crippen molar-refractivity contribution >= 4 is 15.8 Å². The van der Waals surface area contributed by atoms with E-state index in [1.165, 1.54) is 4.31 Å². The zero-order valence-corrected chi connectivity index (χ0v) is 14.1. The summed E-state index contributed by atoms with van der Waals surface area (Å²) in [5.41, 5.74) is 0. The standard InChI is InChI=1S/C14H25N5O2S/c1-18(2)22(20,21)11-5-8-15-13-6-4-10-19(12-13)14-7-3-9-16-17-14/h3,7,9,13,15H,4-6,8,10-12H2,1-2H3/t13-/m0/s1. The Hall–Kier alpha value is -1.25. The highest BCUT2D eigenvalue weighted by Crippen LogP contribution is 2.16. The molecule has 0 saturated carbocycles. The topological polar surface area (TPSA) is 78.4 Å². The molecule has 124 valence electrons. The van der Waals surface area contributed by atoms with Gasteiger partial charge in [-0.2, -0.15) is 5.10 Å². The van der Waals surface area contributed by atoms with E-state index in [0.717, 1.165) is 31.7 Å². The van der Waals surface area contributed by atoms with Crippen molar-refractivity contribution in [1.29, 1.82) is 0 Å². The molecule has 0 spiro atoms. The Bertz CT molecular complexity index is 550. The highest BCUT2D eigenvalue weighted by Gasteiger charge is 2.21. The van der Waals surface area contributed by atoms with Gasteiger partial charge in [-0.25, -0.2) is 12.7 Å². The second-order valence-corrected chi connectivity index (χ2v) is 8.08. The summed E-state index contributed by atoms with van der Waals surface area (Å²) in [5.74, 6) is 1.09. The van der Waals surface area contributed by atoms with Crippen molar-refractivity contribution in [1.82, 2.24) is 19.8 Å². The first-order valence-electron chi connectivity index (χ1n) is 7.65. The summed E-state index contributed by atoms with van der Waals surface area (Å²) in [5, 5.41) is 11.5. The summed E-state index contributed by atoms with van der Waals surface area (Å²) >= 11 is 0. The van der Waals surface area contributed by atoms with Crippen LogP contribution in [0.2, 0.25) is 0 Å².